The van der Waals surface area contributed by atoms with Crippen molar-refractivity contribution >= 4 is 17.1 Å². The predicted molar refractivity (Wildman–Crippen MR) is 64.5 cm³/mol. The van der Waals surface area contributed by atoms with E-state index in [9.17, 15) is 4.79 Å². The van der Waals surface area contributed by atoms with E-state index in [0.717, 1.165) is 12.0 Å². The molecule has 0 spiro atoms. The van der Waals surface area contributed by atoms with Crippen LogP contribution >= 0.6 is 11.3 Å². The second-order valence-electron chi connectivity index (χ2n) is 5.24. The van der Waals surface area contributed by atoms with E-state index >= 15 is 0 Å². The molecule has 1 aliphatic rings. The normalized spacial score (nSPS) is 24.3. The summed E-state index contributed by atoms with van der Waals surface area (Å²) < 4.78 is 0. The Kier molecular flexibility index (Phi) is 2.72. The molecule has 1 aliphatic carbocycles. The highest BCUT2D eigenvalue weighted by molar-refractivity contribution is 7.10. The van der Waals surface area contributed by atoms with Crippen LogP contribution in [0.25, 0.3) is 0 Å². The van der Waals surface area contributed by atoms with Gasteiger partial charge in [0.1, 0.15) is 0 Å². The number of Topliss-reactive ketones (excluding diaryl/α,β-unsaturated/α-hetero) is 1. The first-order valence-electron chi connectivity index (χ1n) is 5.60. The van der Waals surface area contributed by atoms with Crippen LogP contribution in [0.5, 0.6) is 0 Å². The maximum absolute atomic E-state index is 12.3. The lowest BCUT2D eigenvalue weighted by Crippen LogP contribution is -2.25. The van der Waals surface area contributed by atoms with Crippen LogP contribution in [0.3, 0.4) is 0 Å². The first-order valence-corrected chi connectivity index (χ1v) is 6.48. The molecule has 82 valence electrons. The van der Waals surface area contributed by atoms with Crippen LogP contribution in [-0.4, -0.2) is 5.78 Å². The van der Waals surface area contributed by atoms with Gasteiger partial charge in [-0.05, 0) is 31.2 Å². The fraction of sp³-hybridized carbons (Fsp3) is 0.615. The van der Waals surface area contributed by atoms with Gasteiger partial charge in [-0.25, -0.2) is 0 Å². The summed E-state index contributed by atoms with van der Waals surface area (Å²) in [4.78, 5) is 13.5. The summed E-state index contributed by atoms with van der Waals surface area (Å²) in [6, 6.07) is 2.03. The van der Waals surface area contributed by atoms with Gasteiger partial charge in [0.15, 0.2) is 5.78 Å². The van der Waals surface area contributed by atoms with Crippen LogP contribution in [0.4, 0.5) is 0 Å². The molecular weight excluding hydrogens is 204 g/mol. The Balaban J connectivity index is 2.21. The molecule has 1 aromatic heterocycles. The largest absolute Gasteiger partial charge is 0.294 e. The van der Waals surface area contributed by atoms with E-state index in [2.05, 4.69) is 20.8 Å². The molecule has 0 bridgehead atoms. The van der Waals surface area contributed by atoms with Crippen molar-refractivity contribution in [2.45, 2.75) is 40.0 Å². The zero-order valence-electron chi connectivity index (χ0n) is 9.67. The van der Waals surface area contributed by atoms with Crippen molar-refractivity contribution in [2.75, 3.05) is 0 Å². The molecule has 1 saturated carbocycles. The van der Waals surface area contributed by atoms with Gasteiger partial charge in [-0.15, -0.1) is 11.3 Å². The van der Waals surface area contributed by atoms with Gasteiger partial charge in [-0.1, -0.05) is 20.3 Å². The minimum absolute atomic E-state index is 0.201. The fourth-order valence-electron chi connectivity index (χ4n) is 2.59. The second-order valence-corrected chi connectivity index (χ2v) is 6.36. The number of rotatable bonds is 2. The maximum Gasteiger partial charge on any atom is 0.167 e. The number of carbonyl (C=O) groups excluding carboxylic acids is 1. The summed E-state index contributed by atoms with van der Waals surface area (Å²) in [5.74, 6) is 0.605. The molecule has 1 atom stereocenters. The fourth-order valence-corrected chi connectivity index (χ4v) is 3.28. The van der Waals surface area contributed by atoms with E-state index in [1.807, 2.05) is 11.4 Å². The number of ketones is 1. The lowest BCUT2D eigenvalue weighted by atomic mass is 9.78. The average Bonchev–Trinajstić information content (AvgIpc) is 2.70. The Labute approximate surface area is 95.5 Å². The van der Waals surface area contributed by atoms with E-state index in [1.165, 1.54) is 17.7 Å². The zero-order valence-corrected chi connectivity index (χ0v) is 10.5. The zero-order chi connectivity index (χ0) is 11.1. The molecule has 1 fully saturated rings. The van der Waals surface area contributed by atoms with Crippen LogP contribution in [0.1, 0.15) is 48.3 Å². The highest BCUT2D eigenvalue weighted by Crippen LogP contribution is 2.44. The third-order valence-electron chi connectivity index (χ3n) is 3.59. The first kappa shape index (κ1) is 10.9. The number of hydrogen-bond acceptors (Lipinski definition) is 2. The van der Waals surface area contributed by atoms with Gasteiger partial charge in [-0.3, -0.25) is 4.79 Å². The number of hydrogen-bond donors (Lipinski definition) is 0. The third-order valence-corrected chi connectivity index (χ3v) is 4.45. The number of aryl methyl sites for hydroxylation is 1. The summed E-state index contributed by atoms with van der Waals surface area (Å²) >= 11 is 1.67. The molecule has 0 aliphatic heterocycles. The molecule has 1 nitrogen and oxygen atoms in total. The first-order chi connectivity index (χ1) is 7.00. The Morgan fingerprint density at radius 1 is 1.53 bits per heavy atom. The lowest BCUT2D eigenvalue weighted by molar-refractivity contribution is 0.0839. The van der Waals surface area contributed by atoms with Crippen LogP contribution < -0.4 is 0 Å². The standard InChI is InChI=1S/C13H18OS/c1-9-7-10(8-15-9)12(14)11-5-4-6-13(11,2)3/h7-8,11H,4-6H2,1-3H3. The van der Waals surface area contributed by atoms with Crippen molar-refractivity contribution in [3.63, 3.8) is 0 Å². The van der Waals surface area contributed by atoms with Crippen molar-refractivity contribution in [2.24, 2.45) is 11.3 Å². The number of carbonyl (C=O) groups is 1. The third kappa shape index (κ3) is 2.00. The minimum atomic E-state index is 0.201. The van der Waals surface area contributed by atoms with Crippen molar-refractivity contribution in [1.29, 1.82) is 0 Å². The SMILES string of the molecule is Cc1cc(C(=O)C2CCCC2(C)C)cs1. The van der Waals surface area contributed by atoms with Crippen LogP contribution in [-0.2, 0) is 0 Å². The van der Waals surface area contributed by atoms with E-state index in [-0.39, 0.29) is 11.3 Å². The Hall–Kier alpha value is -0.630. The summed E-state index contributed by atoms with van der Waals surface area (Å²) in [7, 11) is 0. The highest BCUT2D eigenvalue weighted by atomic mass is 32.1. The summed E-state index contributed by atoms with van der Waals surface area (Å²) in [5, 5.41) is 2.01. The van der Waals surface area contributed by atoms with Gasteiger partial charge >= 0.3 is 0 Å². The molecule has 0 radical (unpaired) electrons. The van der Waals surface area contributed by atoms with E-state index in [1.54, 1.807) is 11.3 Å². The topological polar surface area (TPSA) is 17.1 Å². The maximum atomic E-state index is 12.3. The molecule has 2 rings (SSSR count). The van der Waals surface area contributed by atoms with Crippen molar-refractivity contribution in [1.82, 2.24) is 0 Å². The Morgan fingerprint density at radius 2 is 2.27 bits per heavy atom. The summed E-state index contributed by atoms with van der Waals surface area (Å²) in [5.41, 5.74) is 1.13. The highest BCUT2D eigenvalue weighted by Gasteiger charge is 2.39. The van der Waals surface area contributed by atoms with Crippen molar-refractivity contribution < 1.29 is 4.79 Å². The molecule has 0 saturated heterocycles. The monoisotopic (exact) mass is 222 g/mol. The van der Waals surface area contributed by atoms with Gasteiger partial charge < -0.3 is 0 Å². The van der Waals surface area contributed by atoms with Crippen LogP contribution in [0, 0.1) is 18.3 Å². The molecule has 1 aromatic rings. The molecule has 1 heterocycles. The number of thiophene rings is 1. The minimum Gasteiger partial charge on any atom is -0.294 e. The van der Waals surface area contributed by atoms with Gasteiger partial charge in [-0.2, -0.15) is 0 Å². The van der Waals surface area contributed by atoms with E-state index in [4.69, 9.17) is 0 Å². The quantitative estimate of drug-likeness (QED) is 0.689. The Bertz CT molecular complexity index is 376. The molecule has 2 heteroatoms. The van der Waals surface area contributed by atoms with Gasteiger partial charge in [0.05, 0.1) is 0 Å². The molecule has 0 amide bonds. The second kappa shape index (κ2) is 3.75. The van der Waals surface area contributed by atoms with Gasteiger partial charge in [0, 0.05) is 21.7 Å². The van der Waals surface area contributed by atoms with E-state index < -0.39 is 0 Å². The van der Waals surface area contributed by atoms with E-state index in [0.29, 0.717) is 5.78 Å². The smallest absolute Gasteiger partial charge is 0.167 e. The van der Waals surface area contributed by atoms with Crippen LogP contribution in [0.2, 0.25) is 0 Å². The summed E-state index contributed by atoms with van der Waals surface area (Å²) in [6.07, 6.45) is 3.46. The lowest BCUT2D eigenvalue weighted by Gasteiger charge is -2.25. The van der Waals surface area contributed by atoms with Gasteiger partial charge in [0.2, 0.25) is 0 Å². The average molecular weight is 222 g/mol. The predicted octanol–water partition coefficient (Wildman–Crippen LogP) is 4.07. The Morgan fingerprint density at radius 3 is 2.73 bits per heavy atom. The molecule has 0 aromatic carbocycles. The van der Waals surface area contributed by atoms with Crippen molar-refractivity contribution in [3.8, 4) is 0 Å². The molecule has 0 N–H and O–H groups in total. The molecule has 1 unspecified atom stereocenters. The van der Waals surface area contributed by atoms with Crippen molar-refractivity contribution in [3.05, 3.63) is 21.9 Å². The molecular formula is C13H18OS. The summed E-state index contributed by atoms with van der Waals surface area (Å²) in [6.45, 7) is 6.50. The van der Waals surface area contributed by atoms with Gasteiger partial charge in [0.25, 0.3) is 0 Å². The molecule has 15 heavy (non-hydrogen) atoms. The van der Waals surface area contributed by atoms with Crippen LogP contribution in [0.15, 0.2) is 11.4 Å².